The molecule has 0 aliphatic carbocycles. The van der Waals surface area contributed by atoms with Gasteiger partial charge < -0.3 is 0 Å². The van der Waals surface area contributed by atoms with Crippen molar-refractivity contribution >= 4 is 44.3 Å². The van der Waals surface area contributed by atoms with Gasteiger partial charge in [-0.15, -0.1) is 11.3 Å². The molecule has 2 aliphatic heterocycles. The van der Waals surface area contributed by atoms with Crippen LogP contribution in [0, 0.1) is 5.41 Å². The molecular weight excluding hydrogens is 290 g/mol. The first kappa shape index (κ1) is 12.2. The van der Waals surface area contributed by atoms with Gasteiger partial charge in [-0.25, -0.2) is 13.4 Å². The van der Waals surface area contributed by atoms with Crippen LogP contribution in [0.4, 0.5) is 0 Å². The van der Waals surface area contributed by atoms with E-state index in [1.54, 1.807) is 22.6 Å². The predicted octanol–water partition coefficient (Wildman–Crippen LogP) is 1.23. The molecule has 0 radical (unpaired) electrons. The Kier molecular flexibility index (Phi) is 2.95. The van der Waals surface area contributed by atoms with Gasteiger partial charge in [0, 0.05) is 10.1 Å². The molecule has 0 unspecified atom stereocenters. The number of hydrazone groups is 1. The van der Waals surface area contributed by atoms with E-state index in [-0.39, 0.29) is 22.8 Å². The second-order valence-electron chi connectivity index (χ2n) is 4.21. The van der Waals surface area contributed by atoms with Crippen molar-refractivity contribution in [1.29, 1.82) is 5.41 Å². The van der Waals surface area contributed by atoms with Crippen LogP contribution in [0.3, 0.4) is 0 Å². The van der Waals surface area contributed by atoms with Gasteiger partial charge in [-0.05, 0) is 11.4 Å². The first-order chi connectivity index (χ1) is 8.55. The van der Waals surface area contributed by atoms with E-state index in [0.717, 1.165) is 4.88 Å². The molecule has 96 valence electrons. The molecule has 8 heteroatoms. The summed E-state index contributed by atoms with van der Waals surface area (Å²) in [4.78, 5) is 0.997. The van der Waals surface area contributed by atoms with Crippen molar-refractivity contribution in [3.05, 3.63) is 22.4 Å². The number of nitrogens with one attached hydrogen (secondary N) is 1. The lowest BCUT2D eigenvalue weighted by atomic mass is 10.2. The van der Waals surface area contributed by atoms with E-state index >= 15 is 0 Å². The highest BCUT2D eigenvalue weighted by Crippen LogP contribution is 2.37. The summed E-state index contributed by atoms with van der Waals surface area (Å²) in [6, 6.07) is 3.69. The third-order valence-electron chi connectivity index (χ3n) is 2.91. The standard InChI is InChI=1S/C10H11N3O2S3/c11-10-13(12-4-7-2-1-3-16-7)8-5-18(14,15)6-9(8)17-10/h1-4,8-9,11H,5-6H2/b11-10?,12-4-/t8-,9-/m0/s1. The lowest BCUT2D eigenvalue weighted by molar-refractivity contribution is 0.376. The Bertz CT molecular complexity index is 594. The number of rotatable bonds is 2. The van der Waals surface area contributed by atoms with Crippen LogP contribution >= 0.6 is 23.1 Å². The van der Waals surface area contributed by atoms with Gasteiger partial charge in [0.05, 0.1) is 23.8 Å². The van der Waals surface area contributed by atoms with Crippen molar-refractivity contribution in [3.63, 3.8) is 0 Å². The molecule has 0 spiro atoms. The summed E-state index contributed by atoms with van der Waals surface area (Å²) < 4.78 is 23.1. The van der Waals surface area contributed by atoms with Crippen LogP contribution in [-0.2, 0) is 9.84 Å². The topological polar surface area (TPSA) is 73.6 Å². The molecule has 0 bridgehead atoms. The van der Waals surface area contributed by atoms with Crippen molar-refractivity contribution in [3.8, 4) is 0 Å². The van der Waals surface area contributed by atoms with Crippen LogP contribution in [0.25, 0.3) is 0 Å². The van der Waals surface area contributed by atoms with E-state index in [1.165, 1.54) is 11.8 Å². The van der Waals surface area contributed by atoms with E-state index < -0.39 is 9.84 Å². The van der Waals surface area contributed by atoms with Crippen molar-refractivity contribution in [2.75, 3.05) is 11.5 Å². The molecule has 18 heavy (non-hydrogen) atoms. The average molecular weight is 301 g/mol. The summed E-state index contributed by atoms with van der Waals surface area (Å²) in [7, 11) is -2.96. The highest BCUT2D eigenvalue weighted by Gasteiger charge is 2.48. The number of nitrogens with zero attached hydrogens (tertiary/aromatic N) is 2. The Morgan fingerprint density at radius 3 is 3.06 bits per heavy atom. The first-order valence-electron chi connectivity index (χ1n) is 5.37. The summed E-state index contributed by atoms with van der Waals surface area (Å²) in [6.45, 7) is 0. The number of hydrogen-bond donors (Lipinski definition) is 1. The smallest absolute Gasteiger partial charge is 0.177 e. The Hall–Kier alpha value is -0.860. The fourth-order valence-electron chi connectivity index (χ4n) is 2.11. The molecule has 1 aromatic rings. The Morgan fingerprint density at radius 1 is 1.50 bits per heavy atom. The van der Waals surface area contributed by atoms with Gasteiger partial charge >= 0.3 is 0 Å². The molecule has 1 N–H and O–H groups in total. The van der Waals surface area contributed by atoms with Gasteiger partial charge in [-0.3, -0.25) is 5.41 Å². The van der Waals surface area contributed by atoms with E-state index in [1.807, 2.05) is 17.5 Å². The Labute approximate surface area is 113 Å². The molecule has 0 aromatic carbocycles. The van der Waals surface area contributed by atoms with Crippen LogP contribution in [0.15, 0.2) is 22.6 Å². The number of fused-ring (bicyclic) bond motifs is 1. The third-order valence-corrected chi connectivity index (χ3v) is 6.84. The zero-order valence-corrected chi connectivity index (χ0v) is 11.8. The lowest BCUT2D eigenvalue weighted by Gasteiger charge is -2.16. The molecule has 3 heterocycles. The van der Waals surface area contributed by atoms with Crippen LogP contribution in [-0.4, -0.2) is 47.6 Å². The molecule has 1 aromatic heterocycles. The zero-order chi connectivity index (χ0) is 12.8. The predicted molar refractivity (Wildman–Crippen MR) is 75.3 cm³/mol. The highest BCUT2D eigenvalue weighted by molar-refractivity contribution is 8.15. The van der Waals surface area contributed by atoms with Gasteiger partial charge in [0.15, 0.2) is 15.0 Å². The monoisotopic (exact) mass is 301 g/mol. The molecule has 3 rings (SSSR count). The zero-order valence-electron chi connectivity index (χ0n) is 9.31. The van der Waals surface area contributed by atoms with Gasteiger partial charge in [0.2, 0.25) is 0 Å². The van der Waals surface area contributed by atoms with Gasteiger partial charge in [-0.2, -0.15) is 5.10 Å². The number of amidine groups is 1. The molecular formula is C10H11N3O2S3. The number of thioether (sulfide) groups is 1. The second-order valence-corrected chi connectivity index (χ2v) is 8.57. The van der Waals surface area contributed by atoms with Gasteiger partial charge in [0.1, 0.15) is 0 Å². The SMILES string of the molecule is N=C1S[C@H]2CS(=O)(=O)C[C@@H]2N1/N=C\c1cccs1. The second kappa shape index (κ2) is 4.36. The van der Waals surface area contributed by atoms with Crippen molar-refractivity contribution in [1.82, 2.24) is 5.01 Å². The number of hydrogen-bond acceptors (Lipinski definition) is 6. The van der Waals surface area contributed by atoms with E-state index in [9.17, 15) is 8.42 Å². The average Bonchev–Trinajstić information content (AvgIpc) is 2.92. The van der Waals surface area contributed by atoms with Crippen LogP contribution in [0.5, 0.6) is 0 Å². The molecule has 5 nitrogen and oxygen atoms in total. The Morgan fingerprint density at radius 2 is 2.33 bits per heavy atom. The fraction of sp³-hybridized carbons (Fsp3) is 0.400. The van der Waals surface area contributed by atoms with Crippen molar-refractivity contribution in [2.45, 2.75) is 11.3 Å². The fourth-order valence-corrected chi connectivity index (χ4v) is 6.40. The summed E-state index contributed by atoms with van der Waals surface area (Å²) in [5, 5.41) is 15.9. The summed E-state index contributed by atoms with van der Waals surface area (Å²) in [5.41, 5.74) is 0. The molecule has 0 saturated carbocycles. The first-order valence-corrected chi connectivity index (χ1v) is 8.95. The summed E-state index contributed by atoms with van der Waals surface area (Å²) in [5.74, 6) is 0.268. The van der Waals surface area contributed by atoms with Crippen LogP contribution in [0.1, 0.15) is 4.88 Å². The largest absolute Gasteiger partial charge is 0.277 e. The summed E-state index contributed by atoms with van der Waals surface area (Å²) in [6.07, 6.45) is 1.69. The lowest BCUT2D eigenvalue weighted by Crippen LogP contribution is -2.32. The number of thiophene rings is 1. The molecule has 2 atom stereocenters. The molecule has 2 saturated heterocycles. The molecule has 2 aliphatic rings. The minimum atomic E-state index is -2.96. The number of sulfone groups is 1. The summed E-state index contributed by atoms with van der Waals surface area (Å²) >= 11 is 2.86. The normalized spacial score (nSPS) is 30.2. The van der Waals surface area contributed by atoms with E-state index in [4.69, 9.17) is 5.41 Å². The van der Waals surface area contributed by atoms with Gasteiger partial charge in [-0.1, -0.05) is 17.8 Å². The van der Waals surface area contributed by atoms with Crippen molar-refractivity contribution in [2.24, 2.45) is 5.10 Å². The van der Waals surface area contributed by atoms with Gasteiger partial charge in [0.25, 0.3) is 0 Å². The van der Waals surface area contributed by atoms with E-state index in [0.29, 0.717) is 5.17 Å². The Balaban J connectivity index is 1.81. The maximum absolute atomic E-state index is 11.6. The minimum absolute atomic E-state index is 0.0389. The van der Waals surface area contributed by atoms with Crippen molar-refractivity contribution < 1.29 is 8.42 Å². The quantitative estimate of drug-likeness (QED) is 0.834. The molecule has 2 fully saturated rings. The maximum Gasteiger partial charge on any atom is 0.177 e. The van der Waals surface area contributed by atoms with E-state index in [2.05, 4.69) is 5.10 Å². The highest BCUT2D eigenvalue weighted by atomic mass is 32.2. The van der Waals surface area contributed by atoms with Crippen LogP contribution in [0.2, 0.25) is 0 Å². The van der Waals surface area contributed by atoms with Crippen LogP contribution < -0.4 is 0 Å². The maximum atomic E-state index is 11.6. The third kappa shape index (κ3) is 2.19. The minimum Gasteiger partial charge on any atom is -0.277 e. The molecule has 0 amide bonds.